The lowest BCUT2D eigenvalue weighted by molar-refractivity contribution is 0.0768. The van der Waals surface area contributed by atoms with Gasteiger partial charge in [-0.1, -0.05) is 6.08 Å². The van der Waals surface area contributed by atoms with Gasteiger partial charge in [0.15, 0.2) is 11.5 Å². The van der Waals surface area contributed by atoms with Crippen molar-refractivity contribution in [3.8, 4) is 17.2 Å². The summed E-state index contributed by atoms with van der Waals surface area (Å²) in [7, 11) is 4.69. The van der Waals surface area contributed by atoms with Crippen LogP contribution in [0.2, 0.25) is 0 Å². The zero-order valence-corrected chi connectivity index (χ0v) is 18.6. The van der Waals surface area contributed by atoms with Crippen LogP contribution >= 0.6 is 0 Å². The molecule has 2 aromatic carbocycles. The number of nitrogens with zero attached hydrogens (tertiary/aromatic N) is 1. The summed E-state index contributed by atoms with van der Waals surface area (Å²) in [6, 6.07) is 8.27. The van der Waals surface area contributed by atoms with Gasteiger partial charge in [0.05, 0.1) is 26.8 Å². The molecule has 0 unspecified atom stereocenters. The van der Waals surface area contributed by atoms with Crippen LogP contribution in [0, 0.1) is 5.82 Å². The van der Waals surface area contributed by atoms with Crippen molar-refractivity contribution in [2.45, 2.75) is 6.42 Å². The molecule has 8 heteroatoms. The van der Waals surface area contributed by atoms with E-state index in [2.05, 4.69) is 16.0 Å². The Kier molecular flexibility index (Phi) is 5.20. The van der Waals surface area contributed by atoms with Gasteiger partial charge in [0.25, 0.3) is 5.91 Å². The van der Waals surface area contributed by atoms with E-state index in [0.717, 1.165) is 27.4 Å². The Morgan fingerprint density at radius 3 is 2.55 bits per heavy atom. The molecule has 0 fully saturated rings. The zero-order chi connectivity index (χ0) is 23.1. The van der Waals surface area contributed by atoms with E-state index in [9.17, 15) is 9.18 Å². The van der Waals surface area contributed by atoms with Crippen LogP contribution in [-0.4, -0.2) is 55.2 Å². The molecule has 0 saturated heterocycles. The van der Waals surface area contributed by atoms with Crippen molar-refractivity contribution >= 4 is 33.3 Å². The van der Waals surface area contributed by atoms with E-state index in [4.69, 9.17) is 14.2 Å². The third kappa shape index (κ3) is 3.47. The Bertz CT molecular complexity index is 1400. The number of aromatic nitrogens is 2. The van der Waals surface area contributed by atoms with Gasteiger partial charge in [-0.05, 0) is 36.3 Å². The number of fused-ring (bicyclic) bond motifs is 2. The van der Waals surface area contributed by atoms with Gasteiger partial charge >= 0.3 is 0 Å². The van der Waals surface area contributed by atoms with Gasteiger partial charge in [-0.25, -0.2) is 4.39 Å². The summed E-state index contributed by atoms with van der Waals surface area (Å²) in [6.45, 7) is 1.06. The van der Waals surface area contributed by atoms with E-state index < -0.39 is 0 Å². The van der Waals surface area contributed by atoms with Crippen LogP contribution in [0.25, 0.3) is 27.4 Å². The summed E-state index contributed by atoms with van der Waals surface area (Å²) in [5.41, 5.74) is 4.05. The number of aromatic amines is 2. The number of amides is 1. The van der Waals surface area contributed by atoms with Gasteiger partial charge in [-0.3, -0.25) is 4.79 Å². The lowest BCUT2D eigenvalue weighted by atomic mass is 9.99. The van der Waals surface area contributed by atoms with Crippen molar-refractivity contribution in [1.82, 2.24) is 14.9 Å². The van der Waals surface area contributed by atoms with Crippen molar-refractivity contribution < 1.29 is 23.4 Å². The fourth-order valence-corrected chi connectivity index (χ4v) is 4.48. The number of hydrogen-bond acceptors (Lipinski definition) is 4. The van der Waals surface area contributed by atoms with Crippen LogP contribution < -0.4 is 14.2 Å². The van der Waals surface area contributed by atoms with E-state index >= 15 is 0 Å². The predicted molar refractivity (Wildman–Crippen MR) is 125 cm³/mol. The first-order chi connectivity index (χ1) is 16.0. The Labute approximate surface area is 189 Å². The molecule has 0 saturated carbocycles. The number of ether oxygens (including phenoxy) is 3. The summed E-state index contributed by atoms with van der Waals surface area (Å²) >= 11 is 0. The molecule has 0 radical (unpaired) electrons. The molecule has 1 amide bonds. The molecular formula is C25H24FN3O4. The summed E-state index contributed by atoms with van der Waals surface area (Å²) in [5.74, 6) is 1.26. The highest BCUT2D eigenvalue weighted by Crippen LogP contribution is 2.41. The maximum atomic E-state index is 13.5. The van der Waals surface area contributed by atoms with E-state index in [1.54, 1.807) is 44.4 Å². The fraction of sp³-hybridized carbons (Fsp3) is 0.240. The molecule has 0 atom stereocenters. The maximum Gasteiger partial charge on any atom is 0.270 e. The number of methoxy groups -OCH3 is 3. The lowest BCUT2D eigenvalue weighted by Gasteiger charge is -2.26. The molecule has 2 N–H and O–H groups in total. The fourth-order valence-electron chi connectivity index (χ4n) is 4.48. The number of hydrogen-bond donors (Lipinski definition) is 2. The van der Waals surface area contributed by atoms with Crippen LogP contribution in [-0.2, 0) is 0 Å². The molecule has 0 bridgehead atoms. The first kappa shape index (κ1) is 20.9. The normalized spacial score (nSPS) is 13.9. The number of carbonyl (C=O) groups excluding carboxylic acids is 1. The Morgan fingerprint density at radius 2 is 1.85 bits per heavy atom. The number of nitrogens with one attached hydrogen (secondary N) is 2. The molecule has 33 heavy (non-hydrogen) atoms. The van der Waals surface area contributed by atoms with E-state index in [1.807, 2.05) is 6.20 Å². The summed E-state index contributed by atoms with van der Waals surface area (Å²) in [5, 5.41) is 1.73. The van der Waals surface area contributed by atoms with E-state index in [-0.39, 0.29) is 11.7 Å². The van der Waals surface area contributed by atoms with Gasteiger partial charge in [0.1, 0.15) is 17.3 Å². The number of rotatable bonds is 5. The minimum absolute atomic E-state index is 0.106. The van der Waals surface area contributed by atoms with Crippen LogP contribution in [0.3, 0.4) is 0 Å². The van der Waals surface area contributed by atoms with Crippen LogP contribution in [0.5, 0.6) is 17.2 Å². The number of carbonyl (C=O) groups is 1. The first-order valence-corrected chi connectivity index (χ1v) is 10.6. The molecule has 0 spiro atoms. The zero-order valence-electron chi connectivity index (χ0n) is 18.6. The monoisotopic (exact) mass is 449 g/mol. The van der Waals surface area contributed by atoms with E-state index in [0.29, 0.717) is 48.0 Å². The van der Waals surface area contributed by atoms with Gasteiger partial charge in [-0.2, -0.15) is 0 Å². The number of benzene rings is 2. The van der Waals surface area contributed by atoms with Crippen molar-refractivity contribution in [1.29, 1.82) is 0 Å². The molecule has 2 aromatic heterocycles. The second kappa shape index (κ2) is 8.20. The maximum absolute atomic E-state index is 13.5. The molecule has 0 aliphatic carbocycles. The van der Waals surface area contributed by atoms with Crippen LogP contribution in [0.15, 0.2) is 42.6 Å². The third-order valence-corrected chi connectivity index (χ3v) is 6.16. The van der Waals surface area contributed by atoms with Crippen LogP contribution in [0.4, 0.5) is 4.39 Å². The Morgan fingerprint density at radius 1 is 1.03 bits per heavy atom. The molecule has 5 rings (SSSR count). The average molecular weight is 449 g/mol. The molecule has 3 heterocycles. The SMILES string of the molecule is COc1cc(OC)c2cc(C(=O)N3CC=C(c4c[nH]c5cc(F)ccc45)CC3)[nH]c2c1OC. The van der Waals surface area contributed by atoms with E-state index in [1.165, 1.54) is 12.1 Å². The van der Waals surface area contributed by atoms with Gasteiger partial charge in [0.2, 0.25) is 0 Å². The molecule has 1 aliphatic rings. The van der Waals surface area contributed by atoms with Crippen molar-refractivity contribution in [3.63, 3.8) is 0 Å². The summed E-state index contributed by atoms with van der Waals surface area (Å²) in [4.78, 5) is 21.4. The van der Waals surface area contributed by atoms with Gasteiger partial charge < -0.3 is 29.1 Å². The number of H-pyrrole nitrogens is 2. The predicted octanol–water partition coefficient (Wildman–Crippen LogP) is 4.74. The Hall–Kier alpha value is -3.94. The number of halogens is 1. The van der Waals surface area contributed by atoms with Crippen molar-refractivity contribution in [3.05, 3.63) is 59.7 Å². The average Bonchev–Trinajstić information content (AvgIpc) is 3.47. The summed E-state index contributed by atoms with van der Waals surface area (Å²) in [6.07, 6.45) is 4.66. The molecule has 4 aromatic rings. The molecule has 7 nitrogen and oxygen atoms in total. The largest absolute Gasteiger partial charge is 0.496 e. The summed E-state index contributed by atoms with van der Waals surface area (Å²) < 4.78 is 29.9. The van der Waals surface area contributed by atoms with Gasteiger partial charge in [-0.15, -0.1) is 0 Å². The quantitative estimate of drug-likeness (QED) is 0.461. The molecular weight excluding hydrogens is 425 g/mol. The lowest BCUT2D eigenvalue weighted by Crippen LogP contribution is -2.34. The molecule has 170 valence electrons. The Balaban J connectivity index is 1.43. The van der Waals surface area contributed by atoms with Crippen molar-refractivity contribution in [2.75, 3.05) is 34.4 Å². The highest BCUT2D eigenvalue weighted by molar-refractivity contribution is 6.03. The minimum atomic E-state index is -0.269. The smallest absolute Gasteiger partial charge is 0.270 e. The second-order valence-electron chi connectivity index (χ2n) is 7.91. The second-order valence-corrected chi connectivity index (χ2v) is 7.91. The van der Waals surface area contributed by atoms with Gasteiger partial charge in [0, 0.05) is 47.2 Å². The molecule has 1 aliphatic heterocycles. The third-order valence-electron chi connectivity index (χ3n) is 6.16. The van der Waals surface area contributed by atoms with Crippen molar-refractivity contribution in [2.24, 2.45) is 0 Å². The highest BCUT2D eigenvalue weighted by Gasteiger charge is 2.24. The highest BCUT2D eigenvalue weighted by atomic mass is 19.1. The minimum Gasteiger partial charge on any atom is -0.496 e. The first-order valence-electron chi connectivity index (χ1n) is 10.6. The topological polar surface area (TPSA) is 79.6 Å². The van der Waals surface area contributed by atoms with Crippen LogP contribution in [0.1, 0.15) is 22.5 Å². The standard InChI is InChI=1S/C25H24FN3O4/c1-31-21-12-22(32-2)24(33-3)23-17(21)11-20(28-23)25(30)29-8-6-14(7-9-29)18-13-27-19-10-15(26)4-5-16(18)19/h4-6,10-13,27-28H,7-9H2,1-3H3.